The summed E-state index contributed by atoms with van der Waals surface area (Å²) in [6.07, 6.45) is 0.721. The molecule has 1 aliphatic rings. The van der Waals surface area contributed by atoms with E-state index in [1.54, 1.807) is 17.0 Å². The Bertz CT molecular complexity index is 1090. The van der Waals surface area contributed by atoms with E-state index in [-0.39, 0.29) is 17.6 Å². The summed E-state index contributed by atoms with van der Waals surface area (Å²) >= 11 is 6.02. The zero-order valence-electron chi connectivity index (χ0n) is 20.3. The Kier molecular flexibility index (Phi) is 8.13. The van der Waals surface area contributed by atoms with Crippen molar-refractivity contribution < 1.29 is 18.3 Å². The van der Waals surface area contributed by atoms with Gasteiger partial charge in [-0.1, -0.05) is 81.8 Å². The van der Waals surface area contributed by atoms with E-state index in [0.717, 1.165) is 11.1 Å². The molecule has 2 atom stereocenters. The zero-order chi connectivity index (χ0) is 25.1. The van der Waals surface area contributed by atoms with Crippen LogP contribution in [0.3, 0.4) is 0 Å². The normalized spacial score (nSPS) is 21.4. The van der Waals surface area contributed by atoms with Crippen LogP contribution in [0.25, 0.3) is 0 Å². The average Bonchev–Trinajstić information content (AvgIpc) is 2.78. The van der Waals surface area contributed by atoms with Crippen molar-refractivity contribution in [3.63, 3.8) is 0 Å². The standard InChI is InChI=1S/C26H35ClN2O4S/c1-19(2)23(28-34(32,33)17-14-20-8-6-5-7-9-20)24(30)29-16-15-26(31,25(3,4)18-29)21-10-12-22(27)13-11-21/h5-13,19,23,28,31H,14-18H2,1-4H3/t23-,26+/m1/s1. The van der Waals surface area contributed by atoms with Crippen molar-refractivity contribution in [3.8, 4) is 0 Å². The number of carbonyl (C=O) groups is 1. The molecule has 8 heteroatoms. The summed E-state index contributed by atoms with van der Waals surface area (Å²) < 4.78 is 28.3. The second kappa shape index (κ2) is 10.4. The van der Waals surface area contributed by atoms with E-state index in [4.69, 9.17) is 11.6 Å². The number of benzene rings is 2. The third kappa shape index (κ3) is 6.00. The lowest BCUT2D eigenvalue weighted by molar-refractivity contribution is -0.155. The quantitative estimate of drug-likeness (QED) is 0.567. The van der Waals surface area contributed by atoms with E-state index >= 15 is 0 Å². The lowest BCUT2D eigenvalue weighted by Crippen LogP contribution is -2.60. The highest BCUT2D eigenvalue weighted by atomic mass is 35.5. The van der Waals surface area contributed by atoms with E-state index in [0.29, 0.717) is 31.0 Å². The number of aryl methyl sites for hydroxylation is 1. The number of amides is 1. The van der Waals surface area contributed by atoms with Crippen LogP contribution in [-0.4, -0.2) is 49.2 Å². The summed E-state index contributed by atoms with van der Waals surface area (Å²) in [6, 6.07) is 15.7. The van der Waals surface area contributed by atoms with Gasteiger partial charge in [-0.3, -0.25) is 4.79 Å². The second-order valence-corrected chi connectivity index (χ2v) is 12.5. The van der Waals surface area contributed by atoms with Gasteiger partial charge in [0.15, 0.2) is 0 Å². The molecule has 186 valence electrons. The monoisotopic (exact) mass is 506 g/mol. The van der Waals surface area contributed by atoms with Crippen LogP contribution >= 0.6 is 11.6 Å². The molecule has 2 N–H and O–H groups in total. The van der Waals surface area contributed by atoms with Gasteiger partial charge in [-0.15, -0.1) is 0 Å². The third-order valence-electron chi connectivity index (χ3n) is 6.82. The van der Waals surface area contributed by atoms with Crippen molar-refractivity contribution in [3.05, 3.63) is 70.7 Å². The van der Waals surface area contributed by atoms with Crippen molar-refractivity contribution in [1.29, 1.82) is 0 Å². The predicted molar refractivity (Wildman–Crippen MR) is 136 cm³/mol. The van der Waals surface area contributed by atoms with Crippen molar-refractivity contribution in [2.75, 3.05) is 18.8 Å². The molecule has 1 aliphatic heterocycles. The van der Waals surface area contributed by atoms with Gasteiger partial charge in [0.1, 0.15) is 6.04 Å². The first-order chi connectivity index (χ1) is 15.8. The molecule has 1 saturated heterocycles. The van der Waals surface area contributed by atoms with Gasteiger partial charge in [0.2, 0.25) is 15.9 Å². The van der Waals surface area contributed by atoms with Crippen molar-refractivity contribution in [1.82, 2.24) is 9.62 Å². The fourth-order valence-corrected chi connectivity index (χ4v) is 6.10. The number of nitrogens with one attached hydrogen (secondary N) is 1. The van der Waals surface area contributed by atoms with Crippen LogP contribution in [0.15, 0.2) is 54.6 Å². The number of likely N-dealkylation sites (tertiary alicyclic amines) is 1. The molecule has 0 bridgehead atoms. The summed E-state index contributed by atoms with van der Waals surface area (Å²) in [4.78, 5) is 15.1. The second-order valence-electron chi connectivity index (χ2n) is 10.2. The Morgan fingerprint density at radius 3 is 2.29 bits per heavy atom. The van der Waals surface area contributed by atoms with Crippen LogP contribution in [0.4, 0.5) is 0 Å². The van der Waals surface area contributed by atoms with Gasteiger partial charge in [-0.05, 0) is 42.0 Å². The lowest BCUT2D eigenvalue weighted by Gasteiger charge is -2.51. The van der Waals surface area contributed by atoms with Crippen LogP contribution in [-0.2, 0) is 26.8 Å². The molecule has 0 aliphatic carbocycles. The largest absolute Gasteiger partial charge is 0.384 e. The number of aliphatic hydroxyl groups is 1. The summed E-state index contributed by atoms with van der Waals surface area (Å²) in [5.74, 6) is -0.571. The smallest absolute Gasteiger partial charge is 0.241 e. The molecule has 3 rings (SSSR count). The highest BCUT2D eigenvalue weighted by molar-refractivity contribution is 7.89. The first kappa shape index (κ1) is 26.7. The van der Waals surface area contributed by atoms with E-state index < -0.39 is 27.1 Å². The Balaban J connectivity index is 1.72. The van der Waals surface area contributed by atoms with Crippen LogP contribution in [0.5, 0.6) is 0 Å². The number of halogens is 1. The van der Waals surface area contributed by atoms with Crippen molar-refractivity contribution in [2.45, 2.75) is 52.2 Å². The maximum atomic E-state index is 13.5. The molecular weight excluding hydrogens is 472 g/mol. The Morgan fingerprint density at radius 2 is 1.74 bits per heavy atom. The van der Waals surface area contributed by atoms with E-state index in [1.165, 1.54) is 0 Å². The number of hydrogen-bond acceptors (Lipinski definition) is 4. The average molecular weight is 507 g/mol. The summed E-state index contributed by atoms with van der Waals surface area (Å²) in [6.45, 7) is 8.16. The highest BCUT2D eigenvalue weighted by Crippen LogP contribution is 2.46. The maximum Gasteiger partial charge on any atom is 0.241 e. The van der Waals surface area contributed by atoms with E-state index in [9.17, 15) is 18.3 Å². The number of piperidine rings is 1. The van der Waals surface area contributed by atoms with Crippen molar-refractivity contribution in [2.24, 2.45) is 11.3 Å². The first-order valence-electron chi connectivity index (χ1n) is 11.7. The molecule has 0 spiro atoms. The molecule has 0 saturated carbocycles. The fourth-order valence-electron chi connectivity index (χ4n) is 4.59. The first-order valence-corrected chi connectivity index (χ1v) is 13.7. The van der Waals surface area contributed by atoms with Crippen LogP contribution in [0.2, 0.25) is 5.02 Å². The summed E-state index contributed by atoms with van der Waals surface area (Å²) in [7, 11) is -3.67. The molecule has 6 nitrogen and oxygen atoms in total. The minimum absolute atomic E-state index is 0.0880. The maximum absolute atomic E-state index is 13.5. The zero-order valence-corrected chi connectivity index (χ0v) is 21.9. The molecule has 0 radical (unpaired) electrons. The van der Waals surface area contributed by atoms with E-state index in [1.807, 2.05) is 70.2 Å². The van der Waals surface area contributed by atoms with Gasteiger partial charge in [0.05, 0.1) is 11.4 Å². The molecular formula is C26H35ClN2O4S. The minimum atomic E-state index is -3.67. The number of rotatable bonds is 8. The molecule has 34 heavy (non-hydrogen) atoms. The third-order valence-corrected chi connectivity index (χ3v) is 8.43. The molecule has 2 aromatic carbocycles. The number of sulfonamides is 1. The van der Waals surface area contributed by atoms with Gasteiger partial charge in [-0.25, -0.2) is 13.1 Å². The fraction of sp³-hybridized carbons (Fsp3) is 0.500. The van der Waals surface area contributed by atoms with Gasteiger partial charge < -0.3 is 10.0 Å². The topological polar surface area (TPSA) is 86.7 Å². The number of carbonyl (C=O) groups excluding carboxylic acids is 1. The molecule has 0 aromatic heterocycles. The Morgan fingerprint density at radius 1 is 1.12 bits per heavy atom. The minimum Gasteiger partial charge on any atom is -0.384 e. The van der Waals surface area contributed by atoms with Crippen LogP contribution < -0.4 is 4.72 Å². The summed E-state index contributed by atoms with van der Waals surface area (Å²) in [5.41, 5.74) is -0.0881. The molecule has 1 fully saturated rings. The molecule has 1 heterocycles. The molecule has 2 aromatic rings. The van der Waals surface area contributed by atoms with Crippen LogP contribution in [0, 0.1) is 11.3 Å². The summed E-state index contributed by atoms with van der Waals surface area (Å²) in [5, 5.41) is 12.2. The van der Waals surface area contributed by atoms with E-state index in [2.05, 4.69) is 4.72 Å². The van der Waals surface area contributed by atoms with Gasteiger partial charge in [-0.2, -0.15) is 0 Å². The van der Waals surface area contributed by atoms with Crippen molar-refractivity contribution >= 4 is 27.5 Å². The molecule has 0 unspecified atom stereocenters. The van der Waals surface area contributed by atoms with Gasteiger partial charge in [0.25, 0.3) is 0 Å². The Labute approximate surface area is 208 Å². The van der Waals surface area contributed by atoms with Crippen LogP contribution in [0.1, 0.15) is 45.2 Å². The van der Waals surface area contributed by atoms with Gasteiger partial charge >= 0.3 is 0 Å². The van der Waals surface area contributed by atoms with Gasteiger partial charge in [0, 0.05) is 23.5 Å². The lowest BCUT2D eigenvalue weighted by atomic mass is 9.66. The molecule has 1 amide bonds. The predicted octanol–water partition coefficient (Wildman–Crippen LogP) is 3.97. The number of hydrogen-bond donors (Lipinski definition) is 2. The SMILES string of the molecule is CC(C)[C@@H](NS(=O)(=O)CCc1ccccc1)C(=O)N1CC[C@](O)(c2ccc(Cl)cc2)C(C)(C)C1. The number of nitrogens with zero attached hydrogens (tertiary/aromatic N) is 1. The highest BCUT2D eigenvalue weighted by Gasteiger charge is 2.50. The Hall–Kier alpha value is -1.93.